The maximum Gasteiger partial charge on any atom is 0.252 e. The molecule has 2 aliphatic rings. The molecule has 0 aromatic carbocycles. The Hall–Kier alpha value is -1.62. The van der Waals surface area contributed by atoms with Gasteiger partial charge in [0.1, 0.15) is 5.82 Å². The van der Waals surface area contributed by atoms with Crippen molar-refractivity contribution in [3.63, 3.8) is 0 Å². The second kappa shape index (κ2) is 5.88. The van der Waals surface area contributed by atoms with E-state index in [0.717, 1.165) is 24.0 Å². The van der Waals surface area contributed by atoms with Crippen molar-refractivity contribution in [2.45, 2.75) is 58.5 Å². The van der Waals surface area contributed by atoms with E-state index in [-0.39, 0.29) is 17.0 Å². The van der Waals surface area contributed by atoms with Crippen LogP contribution in [0.25, 0.3) is 0 Å². The largest absolute Gasteiger partial charge is 0.376 e. The van der Waals surface area contributed by atoms with Crippen molar-refractivity contribution in [2.75, 3.05) is 13.2 Å². The third-order valence-corrected chi connectivity index (χ3v) is 4.29. The van der Waals surface area contributed by atoms with Gasteiger partial charge in [0.05, 0.1) is 18.8 Å². The second-order valence-electron chi connectivity index (χ2n) is 7.20. The molecular weight excluding hydrogens is 278 g/mol. The molecule has 1 aliphatic heterocycles. The van der Waals surface area contributed by atoms with E-state index < -0.39 is 0 Å². The maximum atomic E-state index is 12.7. The molecule has 0 spiro atoms. The molecule has 0 atom stereocenters. The van der Waals surface area contributed by atoms with Crippen LogP contribution in [0.15, 0.2) is 27.5 Å². The van der Waals surface area contributed by atoms with Gasteiger partial charge < -0.3 is 15.4 Å². The van der Waals surface area contributed by atoms with Gasteiger partial charge in [-0.25, -0.2) is 4.99 Å². The van der Waals surface area contributed by atoms with Gasteiger partial charge in [0.2, 0.25) is 0 Å². The van der Waals surface area contributed by atoms with Crippen LogP contribution in [0.5, 0.6) is 0 Å². The van der Waals surface area contributed by atoms with Gasteiger partial charge in [0, 0.05) is 16.7 Å². The molecule has 0 radical (unpaired) electrons. The highest BCUT2D eigenvalue weighted by molar-refractivity contribution is 5.99. The zero-order chi connectivity index (χ0) is 16.5. The molecular formula is C17H27N3O2. The van der Waals surface area contributed by atoms with Crippen molar-refractivity contribution in [1.29, 1.82) is 0 Å². The highest BCUT2D eigenvalue weighted by atomic mass is 16.5. The summed E-state index contributed by atoms with van der Waals surface area (Å²) in [5.41, 5.74) is 2.30. The average molecular weight is 305 g/mol. The van der Waals surface area contributed by atoms with Crippen LogP contribution in [0.3, 0.4) is 0 Å². The molecule has 1 amide bonds. The fraction of sp³-hybridized carbons (Fsp3) is 0.647. The molecule has 1 aliphatic carbocycles. The van der Waals surface area contributed by atoms with Crippen LogP contribution in [0.1, 0.15) is 47.5 Å². The van der Waals surface area contributed by atoms with E-state index in [9.17, 15) is 4.79 Å². The van der Waals surface area contributed by atoms with Crippen molar-refractivity contribution in [3.8, 4) is 0 Å². The first-order valence-corrected chi connectivity index (χ1v) is 7.74. The number of amides is 1. The predicted molar refractivity (Wildman–Crippen MR) is 88.8 cm³/mol. The highest BCUT2D eigenvalue weighted by Crippen LogP contribution is 2.36. The lowest BCUT2D eigenvalue weighted by Gasteiger charge is -2.39. The number of nitrogens with zero attached hydrogens (tertiary/aromatic N) is 1. The molecule has 1 saturated heterocycles. The first-order chi connectivity index (χ1) is 10.2. The Balaban J connectivity index is 2.24. The SMILES string of the molecule is C=N/C(NC1(C)CC1)=C(\C)C(C(=O)NC1(C)COC1)=C(C)C. The van der Waals surface area contributed by atoms with Crippen molar-refractivity contribution < 1.29 is 9.53 Å². The fourth-order valence-corrected chi connectivity index (χ4v) is 2.56. The molecule has 0 unspecified atom stereocenters. The Morgan fingerprint density at radius 1 is 1.09 bits per heavy atom. The predicted octanol–water partition coefficient (Wildman–Crippen LogP) is 2.30. The number of nitrogens with one attached hydrogen (secondary N) is 2. The topological polar surface area (TPSA) is 62.7 Å². The number of ether oxygens (including phenoxy) is 1. The lowest BCUT2D eigenvalue weighted by molar-refractivity contribution is -0.127. The summed E-state index contributed by atoms with van der Waals surface area (Å²) < 4.78 is 5.20. The Morgan fingerprint density at radius 3 is 2.05 bits per heavy atom. The van der Waals surface area contributed by atoms with E-state index in [4.69, 9.17) is 4.74 Å². The van der Waals surface area contributed by atoms with Crippen LogP contribution in [-0.4, -0.2) is 36.9 Å². The summed E-state index contributed by atoms with van der Waals surface area (Å²) >= 11 is 0. The van der Waals surface area contributed by atoms with Gasteiger partial charge in [0.15, 0.2) is 0 Å². The first kappa shape index (κ1) is 16.7. The van der Waals surface area contributed by atoms with Crippen LogP contribution >= 0.6 is 0 Å². The van der Waals surface area contributed by atoms with Gasteiger partial charge in [-0.3, -0.25) is 4.79 Å². The zero-order valence-electron chi connectivity index (χ0n) is 14.3. The number of hydrogen-bond acceptors (Lipinski definition) is 4. The Labute approximate surface area is 132 Å². The molecule has 2 N–H and O–H groups in total. The molecule has 1 heterocycles. The second-order valence-corrected chi connectivity index (χ2v) is 7.20. The molecule has 2 rings (SSSR count). The Kier molecular flexibility index (Phi) is 4.47. The molecule has 1 saturated carbocycles. The summed E-state index contributed by atoms with van der Waals surface area (Å²) in [7, 11) is 0. The van der Waals surface area contributed by atoms with Crippen LogP contribution in [0, 0.1) is 0 Å². The van der Waals surface area contributed by atoms with E-state index in [0.29, 0.717) is 24.6 Å². The minimum Gasteiger partial charge on any atom is -0.376 e. The van der Waals surface area contributed by atoms with Gasteiger partial charge in [0.25, 0.3) is 5.91 Å². The lowest BCUT2D eigenvalue weighted by atomic mass is 9.96. The number of rotatable bonds is 6. The van der Waals surface area contributed by atoms with Crippen molar-refractivity contribution >= 4 is 12.6 Å². The maximum absolute atomic E-state index is 12.7. The summed E-state index contributed by atoms with van der Waals surface area (Å²) in [6, 6.07) is 0. The molecule has 122 valence electrons. The number of allylic oxidation sites excluding steroid dienone is 1. The summed E-state index contributed by atoms with van der Waals surface area (Å²) in [5.74, 6) is 0.619. The Bertz CT molecular complexity index is 548. The number of aliphatic imine (C=N–C) groups is 1. The molecule has 2 fully saturated rings. The Morgan fingerprint density at radius 2 is 1.68 bits per heavy atom. The van der Waals surface area contributed by atoms with Crippen LogP contribution in [0.2, 0.25) is 0 Å². The van der Waals surface area contributed by atoms with Gasteiger partial charge in [-0.15, -0.1) is 0 Å². The third-order valence-electron chi connectivity index (χ3n) is 4.29. The minimum absolute atomic E-state index is 0.0767. The van der Waals surface area contributed by atoms with Gasteiger partial charge in [-0.05, 0) is 54.2 Å². The quantitative estimate of drug-likeness (QED) is 0.450. The molecule has 5 nitrogen and oxygen atoms in total. The smallest absolute Gasteiger partial charge is 0.252 e. The lowest BCUT2D eigenvalue weighted by Crippen LogP contribution is -2.60. The zero-order valence-corrected chi connectivity index (χ0v) is 14.3. The summed E-state index contributed by atoms with van der Waals surface area (Å²) in [4.78, 5) is 16.8. The molecule has 5 heteroatoms. The summed E-state index contributed by atoms with van der Waals surface area (Å²) in [6.07, 6.45) is 2.23. The number of carbonyl (C=O) groups excluding carboxylic acids is 1. The third kappa shape index (κ3) is 3.58. The van der Waals surface area contributed by atoms with E-state index in [2.05, 4.69) is 29.3 Å². The van der Waals surface area contributed by atoms with Crippen LogP contribution in [0.4, 0.5) is 0 Å². The molecule has 0 aromatic heterocycles. The average Bonchev–Trinajstić information content (AvgIpc) is 3.11. The van der Waals surface area contributed by atoms with Gasteiger partial charge in [-0.1, -0.05) is 5.57 Å². The molecule has 0 bridgehead atoms. The van der Waals surface area contributed by atoms with Crippen LogP contribution in [-0.2, 0) is 9.53 Å². The van der Waals surface area contributed by atoms with E-state index in [1.54, 1.807) is 0 Å². The van der Waals surface area contributed by atoms with Crippen molar-refractivity contribution in [2.24, 2.45) is 4.99 Å². The molecule has 0 aromatic rings. The number of carbonyl (C=O) groups is 1. The van der Waals surface area contributed by atoms with Gasteiger partial charge >= 0.3 is 0 Å². The van der Waals surface area contributed by atoms with Crippen molar-refractivity contribution in [1.82, 2.24) is 10.6 Å². The van der Waals surface area contributed by atoms with Gasteiger partial charge in [-0.2, -0.15) is 0 Å². The van der Waals surface area contributed by atoms with E-state index >= 15 is 0 Å². The van der Waals surface area contributed by atoms with E-state index in [1.165, 1.54) is 0 Å². The monoisotopic (exact) mass is 305 g/mol. The minimum atomic E-state index is -0.268. The first-order valence-electron chi connectivity index (χ1n) is 7.74. The van der Waals surface area contributed by atoms with E-state index in [1.807, 2.05) is 27.7 Å². The van der Waals surface area contributed by atoms with Crippen LogP contribution < -0.4 is 10.6 Å². The normalized spacial score (nSPS) is 21.9. The van der Waals surface area contributed by atoms with Crippen molar-refractivity contribution in [3.05, 3.63) is 22.5 Å². The summed E-state index contributed by atoms with van der Waals surface area (Å²) in [6.45, 7) is 14.7. The standard InChI is InChI=1S/C17H27N3O2/c1-11(2)13(15(21)20-17(5)9-22-10-17)12(3)14(18-6)19-16(4)7-8-16/h19H,6-10H2,1-5H3,(H,20,21)/b14-12-. The fourth-order valence-electron chi connectivity index (χ4n) is 2.56. The highest BCUT2D eigenvalue weighted by Gasteiger charge is 2.39. The molecule has 22 heavy (non-hydrogen) atoms. The number of hydrogen-bond donors (Lipinski definition) is 2. The summed E-state index contributed by atoms with van der Waals surface area (Å²) in [5, 5.41) is 6.48.